The lowest BCUT2D eigenvalue weighted by atomic mass is 10.0. The summed E-state index contributed by atoms with van der Waals surface area (Å²) in [5, 5.41) is 76.2. The zero-order chi connectivity index (χ0) is 17.3. The lowest BCUT2D eigenvalue weighted by Crippen LogP contribution is -2.61. The fourth-order valence-corrected chi connectivity index (χ4v) is 4.03. The van der Waals surface area contributed by atoms with E-state index < -0.39 is 72.9 Å². The van der Waals surface area contributed by atoms with Crippen molar-refractivity contribution in [2.45, 2.75) is 59.7 Å². The summed E-state index contributed by atoms with van der Waals surface area (Å²) in [6.07, 6.45) is -11.5. The number of hydrogen-bond acceptors (Lipinski definition) is 11. The molecule has 10 nitrogen and oxygen atoms in total. The molecule has 2 aliphatic rings. The van der Waals surface area contributed by atoms with Crippen LogP contribution in [0.15, 0.2) is 0 Å². The van der Waals surface area contributed by atoms with E-state index >= 15 is 0 Å². The van der Waals surface area contributed by atoms with Crippen molar-refractivity contribution in [1.29, 1.82) is 0 Å². The van der Waals surface area contributed by atoms with Gasteiger partial charge in [-0.3, -0.25) is 0 Å². The Morgan fingerprint density at radius 3 is 1.78 bits per heavy atom. The van der Waals surface area contributed by atoms with E-state index in [2.05, 4.69) is 0 Å². The van der Waals surface area contributed by atoms with E-state index in [-0.39, 0.29) is 0 Å². The van der Waals surface area contributed by atoms with Gasteiger partial charge in [0, 0.05) is 0 Å². The molecule has 0 aromatic carbocycles. The third-order valence-electron chi connectivity index (χ3n) is 3.98. The van der Waals surface area contributed by atoms with E-state index in [1.165, 1.54) is 0 Å². The lowest BCUT2D eigenvalue weighted by Gasteiger charge is -2.44. The zero-order valence-electron chi connectivity index (χ0n) is 12.0. The summed E-state index contributed by atoms with van der Waals surface area (Å²) in [5.74, 6) is 0. The van der Waals surface area contributed by atoms with Crippen LogP contribution in [0.2, 0.25) is 0 Å². The van der Waals surface area contributed by atoms with Crippen molar-refractivity contribution >= 4 is 11.8 Å². The van der Waals surface area contributed by atoms with Gasteiger partial charge in [0.2, 0.25) is 0 Å². The van der Waals surface area contributed by atoms with Gasteiger partial charge in [-0.25, -0.2) is 0 Å². The molecule has 136 valence electrons. The number of thioether (sulfide) groups is 1. The van der Waals surface area contributed by atoms with E-state index in [1.54, 1.807) is 0 Å². The molecule has 0 radical (unpaired) electrons. The number of aliphatic hydroxyl groups excluding tert-OH is 8. The average molecular weight is 358 g/mol. The highest BCUT2D eigenvalue weighted by atomic mass is 32.2. The van der Waals surface area contributed by atoms with Crippen molar-refractivity contribution < 1.29 is 50.3 Å². The summed E-state index contributed by atoms with van der Waals surface area (Å²) in [6, 6.07) is 0. The van der Waals surface area contributed by atoms with Crippen LogP contribution in [0, 0.1) is 0 Å². The van der Waals surface area contributed by atoms with Crippen LogP contribution in [0.1, 0.15) is 0 Å². The van der Waals surface area contributed by atoms with E-state index in [1.807, 2.05) is 0 Å². The van der Waals surface area contributed by atoms with Gasteiger partial charge in [-0.2, -0.15) is 0 Å². The van der Waals surface area contributed by atoms with Gasteiger partial charge >= 0.3 is 0 Å². The highest BCUT2D eigenvalue weighted by Gasteiger charge is 2.49. The highest BCUT2D eigenvalue weighted by molar-refractivity contribution is 8.00. The first kappa shape index (κ1) is 19.3. The van der Waals surface area contributed by atoms with Gasteiger partial charge in [-0.05, 0) is 0 Å². The highest BCUT2D eigenvalue weighted by Crippen LogP contribution is 2.37. The predicted octanol–water partition coefficient (Wildman–Crippen LogP) is -4.68. The molecule has 2 fully saturated rings. The largest absolute Gasteiger partial charge is 0.394 e. The second-order valence-corrected chi connectivity index (χ2v) is 6.81. The maximum atomic E-state index is 10.1. The number of hydrogen-bond donors (Lipinski definition) is 8. The minimum absolute atomic E-state index is 0.601. The molecule has 0 spiro atoms. The molecular formula is C12H22O10S. The molecule has 0 aromatic rings. The standard InChI is InChI=1S/C12H22O10S/c13-1-3-5(15)7(17)8(18)12(22-3)23-10-6(16)4(2-14)21-11(20)9(10)19/h3-20H,1-2H2. The Kier molecular flexibility index (Phi) is 6.61. The topological polar surface area (TPSA) is 180 Å². The van der Waals surface area contributed by atoms with Crippen LogP contribution < -0.4 is 0 Å². The molecule has 11 heteroatoms. The van der Waals surface area contributed by atoms with E-state index in [0.29, 0.717) is 11.8 Å². The van der Waals surface area contributed by atoms with Crippen LogP contribution in [-0.2, 0) is 9.47 Å². The van der Waals surface area contributed by atoms with Gasteiger partial charge in [0.1, 0.15) is 42.1 Å². The third-order valence-corrected chi connectivity index (χ3v) is 5.51. The van der Waals surface area contributed by atoms with E-state index in [9.17, 15) is 30.6 Å². The van der Waals surface area contributed by atoms with Gasteiger partial charge in [-0.1, -0.05) is 0 Å². The Labute approximate surface area is 135 Å². The minimum Gasteiger partial charge on any atom is -0.394 e. The smallest absolute Gasteiger partial charge is 0.182 e. The Morgan fingerprint density at radius 1 is 0.652 bits per heavy atom. The Bertz CT molecular complexity index is 385. The Morgan fingerprint density at radius 2 is 1.22 bits per heavy atom. The number of rotatable bonds is 4. The molecule has 0 bridgehead atoms. The van der Waals surface area contributed by atoms with Crippen LogP contribution in [0.5, 0.6) is 0 Å². The third kappa shape index (κ3) is 3.80. The summed E-state index contributed by atoms with van der Waals surface area (Å²) >= 11 is 0.708. The van der Waals surface area contributed by atoms with Crippen LogP contribution in [0.3, 0.4) is 0 Å². The first-order chi connectivity index (χ1) is 10.8. The van der Waals surface area contributed by atoms with Gasteiger partial charge in [0.05, 0.1) is 24.6 Å². The van der Waals surface area contributed by atoms with Gasteiger partial charge in [-0.15, -0.1) is 11.8 Å². The molecule has 10 atom stereocenters. The monoisotopic (exact) mass is 358 g/mol. The molecule has 2 saturated heterocycles. The molecule has 23 heavy (non-hydrogen) atoms. The van der Waals surface area contributed by atoms with Gasteiger partial charge in [0.15, 0.2) is 6.29 Å². The lowest BCUT2D eigenvalue weighted by molar-refractivity contribution is -0.249. The fraction of sp³-hybridized carbons (Fsp3) is 1.00. The van der Waals surface area contributed by atoms with Gasteiger partial charge < -0.3 is 50.3 Å². The van der Waals surface area contributed by atoms with Crippen molar-refractivity contribution in [3.8, 4) is 0 Å². The van der Waals surface area contributed by atoms with Crippen LogP contribution in [0.4, 0.5) is 0 Å². The second kappa shape index (κ2) is 7.89. The fourth-order valence-electron chi connectivity index (χ4n) is 2.56. The normalized spacial score (nSPS) is 51.7. The molecule has 8 N–H and O–H groups in total. The Hall–Kier alpha value is -0.0500. The quantitative estimate of drug-likeness (QED) is 0.242. The molecular weight excluding hydrogens is 336 g/mol. The first-order valence-corrected chi connectivity index (χ1v) is 8.02. The Balaban J connectivity index is 2.11. The molecule has 10 unspecified atom stereocenters. The van der Waals surface area contributed by atoms with Crippen LogP contribution in [0.25, 0.3) is 0 Å². The number of aliphatic hydroxyl groups is 8. The summed E-state index contributed by atoms with van der Waals surface area (Å²) < 4.78 is 10.1. The molecule has 0 aliphatic carbocycles. The predicted molar refractivity (Wildman–Crippen MR) is 75.1 cm³/mol. The van der Waals surface area contributed by atoms with Crippen molar-refractivity contribution in [3.05, 3.63) is 0 Å². The summed E-state index contributed by atoms with van der Waals surface area (Å²) in [7, 11) is 0. The molecule has 2 aliphatic heterocycles. The number of ether oxygens (including phenoxy) is 2. The second-order valence-electron chi connectivity index (χ2n) is 5.53. The summed E-state index contributed by atoms with van der Waals surface area (Å²) in [4.78, 5) is 0. The average Bonchev–Trinajstić information content (AvgIpc) is 2.54. The van der Waals surface area contributed by atoms with Crippen molar-refractivity contribution in [1.82, 2.24) is 0 Å². The minimum atomic E-state index is -1.65. The molecule has 0 amide bonds. The molecule has 2 heterocycles. The van der Waals surface area contributed by atoms with Crippen LogP contribution >= 0.6 is 11.8 Å². The SMILES string of the molecule is OCC1OC(SC2C(O)C(O)OC(CO)C2O)C(O)C(O)C1O. The maximum Gasteiger partial charge on any atom is 0.182 e. The zero-order valence-corrected chi connectivity index (χ0v) is 12.8. The van der Waals surface area contributed by atoms with E-state index in [0.717, 1.165) is 0 Å². The van der Waals surface area contributed by atoms with Crippen molar-refractivity contribution in [3.63, 3.8) is 0 Å². The molecule has 2 rings (SSSR count). The molecule has 0 aromatic heterocycles. The summed E-state index contributed by atoms with van der Waals surface area (Å²) in [5.41, 5.74) is -1.19. The van der Waals surface area contributed by atoms with Crippen LogP contribution in [-0.4, -0.2) is 114 Å². The summed E-state index contributed by atoms with van der Waals surface area (Å²) in [6.45, 7) is -1.21. The first-order valence-electron chi connectivity index (χ1n) is 7.08. The maximum absolute atomic E-state index is 10.1. The van der Waals surface area contributed by atoms with Gasteiger partial charge in [0.25, 0.3) is 0 Å². The van der Waals surface area contributed by atoms with Crippen molar-refractivity contribution in [2.24, 2.45) is 0 Å². The van der Waals surface area contributed by atoms with Crippen molar-refractivity contribution in [2.75, 3.05) is 13.2 Å². The van der Waals surface area contributed by atoms with E-state index in [4.69, 9.17) is 19.7 Å². The molecule has 0 saturated carbocycles.